The monoisotopic (exact) mass is 335 g/mol. The summed E-state index contributed by atoms with van der Waals surface area (Å²) in [5.74, 6) is 0.810. The van der Waals surface area contributed by atoms with Crippen molar-refractivity contribution in [1.29, 1.82) is 0 Å². The molecule has 2 aliphatic rings. The van der Waals surface area contributed by atoms with Crippen LogP contribution in [0.2, 0.25) is 0 Å². The molecule has 116 valence electrons. The van der Waals surface area contributed by atoms with Gasteiger partial charge in [0.1, 0.15) is 0 Å². The molecule has 0 radical (unpaired) electrons. The standard InChI is InChI=1S/C15H17N3O2S2/c1-9-16-14-12(13(22-9)10-4-7-21-8-10)15(19)17-18(14)11-2-5-20-6-3-11/h4,7-8,11,13H,2-3,5-6H2,1H3,(H,17,19)/t13-/m1/s1. The van der Waals surface area contributed by atoms with Crippen molar-refractivity contribution in [3.8, 4) is 0 Å². The SMILES string of the molecule is CC1=Nc2c(c(=O)[nH]n2C2CCOCC2)[C@@H](c2ccsc2)S1. The number of aliphatic imine (C=N–C) groups is 1. The third-order valence-corrected chi connectivity index (χ3v) is 6.03. The molecular formula is C15H17N3O2S2. The van der Waals surface area contributed by atoms with Gasteiger partial charge in [0.25, 0.3) is 5.56 Å². The zero-order valence-electron chi connectivity index (χ0n) is 12.2. The number of aromatic nitrogens is 2. The van der Waals surface area contributed by atoms with Gasteiger partial charge in [-0.3, -0.25) is 14.6 Å². The number of hydrogen-bond donors (Lipinski definition) is 1. The smallest absolute Gasteiger partial charge is 0.271 e. The van der Waals surface area contributed by atoms with E-state index < -0.39 is 0 Å². The van der Waals surface area contributed by atoms with Gasteiger partial charge in [-0.05, 0) is 42.2 Å². The van der Waals surface area contributed by atoms with Crippen LogP contribution in [0.25, 0.3) is 0 Å². The summed E-state index contributed by atoms with van der Waals surface area (Å²) in [6, 6.07) is 2.36. The molecule has 0 aromatic carbocycles. The first-order valence-electron chi connectivity index (χ1n) is 7.40. The van der Waals surface area contributed by atoms with Gasteiger partial charge in [-0.1, -0.05) is 11.8 Å². The van der Waals surface area contributed by atoms with E-state index in [4.69, 9.17) is 4.74 Å². The molecule has 5 nitrogen and oxygen atoms in total. The molecule has 2 aromatic rings. The second kappa shape index (κ2) is 5.72. The van der Waals surface area contributed by atoms with Gasteiger partial charge in [-0.2, -0.15) is 11.3 Å². The fourth-order valence-electron chi connectivity index (χ4n) is 3.08. The molecule has 1 saturated heterocycles. The second-order valence-electron chi connectivity index (χ2n) is 5.58. The largest absolute Gasteiger partial charge is 0.381 e. The summed E-state index contributed by atoms with van der Waals surface area (Å²) in [5.41, 5.74) is 1.96. The molecule has 0 aliphatic carbocycles. The van der Waals surface area contributed by atoms with Gasteiger partial charge in [-0.15, -0.1) is 0 Å². The first-order valence-corrected chi connectivity index (χ1v) is 9.22. The van der Waals surface area contributed by atoms with E-state index in [9.17, 15) is 4.79 Å². The van der Waals surface area contributed by atoms with Crippen LogP contribution >= 0.6 is 23.1 Å². The molecule has 0 saturated carbocycles. The number of nitrogens with one attached hydrogen (secondary N) is 1. The highest BCUT2D eigenvalue weighted by atomic mass is 32.2. The Morgan fingerprint density at radius 3 is 2.95 bits per heavy atom. The Bertz CT molecular complexity index is 754. The Labute approximate surface area is 136 Å². The highest BCUT2D eigenvalue weighted by Crippen LogP contribution is 2.45. The van der Waals surface area contributed by atoms with Crippen molar-refractivity contribution in [2.45, 2.75) is 31.1 Å². The molecule has 2 aromatic heterocycles. The van der Waals surface area contributed by atoms with Crippen molar-refractivity contribution < 1.29 is 4.74 Å². The van der Waals surface area contributed by atoms with E-state index >= 15 is 0 Å². The molecule has 2 aliphatic heterocycles. The number of thiophene rings is 1. The maximum absolute atomic E-state index is 12.6. The van der Waals surface area contributed by atoms with Gasteiger partial charge >= 0.3 is 0 Å². The quantitative estimate of drug-likeness (QED) is 0.914. The molecule has 0 unspecified atom stereocenters. The van der Waals surface area contributed by atoms with Crippen LogP contribution in [0.4, 0.5) is 5.82 Å². The fraction of sp³-hybridized carbons (Fsp3) is 0.467. The number of nitrogens with zero attached hydrogens (tertiary/aromatic N) is 2. The predicted octanol–water partition coefficient (Wildman–Crippen LogP) is 3.48. The zero-order chi connectivity index (χ0) is 15.1. The third kappa shape index (κ3) is 2.37. The first kappa shape index (κ1) is 14.3. The van der Waals surface area contributed by atoms with E-state index in [0.29, 0.717) is 0 Å². The lowest BCUT2D eigenvalue weighted by atomic mass is 10.1. The molecule has 0 spiro atoms. The van der Waals surface area contributed by atoms with Crippen LogP contribution in [0, 0.1) is 0 Å². The fourth-order valence-corrected chi connectivity index (χ4v) is 4.94. The van der Waals surface area contributed by atoms with Crippen LogP contribution in [-0.4, -0.2) is 28.0 Å². The number of thioether (sulfide) groups is 1. The Morgan fingerprint density at radius 2 is 2.23 bits per heavy atom. The Morgan fingerprint density at radius 1 is 1.41 bits per heavy atom. The van der Waals surface area contributed by atoms with Gasteiger partial charge in [0.05, 0.1) is 21.9 Å². The van der Waals surface area contributed by atoms with Crippen LogP contribution < -0.4 is 5.56 Å². The summed E-state index contributed by atoms with van der Waals surface area (Å²) >= 11 is 3.32. The third-order valence-electron chi connectivity index (χ3n) is 4.15. The number of aromatic amines is 1. The lowest BCUT2D eigenvalue weighted by molar-refractivity contribution is 0.0666. The molecule has 0 bridgehead atoms. The summed E-state index contributed by atoms with van der Waals surface area (Å²) in [6.45, 7) is 3.49. The van der Waals surface area contributed by atoms with Gasteiger partial charge < -0.3 is 4.74 Å². The van der Waals surface area contributed by atoms with Gasteiger partial charge in [0.15, 0.2) is 5.82 Å². The van der Waals surface area contributed by atoms with E-state index in [1.807, 2.05) is 11.6 Å². The van der Waals surface area contributed by atoms with Crippen molar-refractivity contribution >= 4 is 34.0 Å². The summed E-state index contributed by atoms with van der Waals surface area (Å²) in [5, 5.41) is 8.25. The molecular weight excluding hydrogens is 318 g/mol. The van der Waals surface area contributed by atoms with Crippen molar-refractivity contribution in [2.24, 2.45) is 4.99 Å². The lowest BCUT2D eigenvalue weighted by Crippen LogP contribution is -2.21. The summed E-state index contributed by atoms with van der Waals surface area (Å²) < 4.78 is 7.40. The Kier molecular flexibility index (Phi) is 3.71. The summed E-state index contributed by atoms with van der Waals surface area (Å²) in [6.07, 6.45) is 1.84. The second-order valence-corrected chi connectivity index (χ2v) is 7.66. The van der Waals surface area contributed by atoms with Gasteiger partial charge in [0, 0.05) is 13.2 Å². The highest BCUT2D eigenvalue weighted by molar-refractivity contribution is 8.14. The Balaban J connectivity index is 1.82. The van der Waals surface area contributed by atoms with Crippen molar-refractivity contribution in [3.05, 3.63) is 38.3 Å². The maximum atomic E-state index is 12.6. The Hall–Kier alpha value is -1.31. The summed E-state index contributed by atoms with van der Waals surface area (Å²) in [7, 11) is 0. The van der Waals surface area contributed by atoms with E-state index in [1.54, 1.807) is 23.1 Å². The van der Waals surface area contributed by atoms with Gasteiger partial charge in [-0.25, -0.2) is 4.99 Å². The summed E-state index contributed by atoms with van der Waals surface area (Å²) in [4.78, 5) is 17.2. The van der Waals surface area contributed by atoms with Gasteiger partial charge in [0.2, 0.25) is 0 Å². The van der Waals surface area contributed by atoms with E-state index in [0.717, 1.165) is 42.5 Å². The number of rotatable bonds is 2. The molecule has 7 heteroatoms. The molecule has 1 atom stereocenters. The molecule has 0 amide bonds. The van der Waals surface area contributed by atoms with Crippen LogP contribution in [0.5, 0.6) is 0 Å². The van der Waals surface area contributed by atoms with Crippen molar-refractivity contribution in [2.75, 3.05) is 13.2 Å². The minimum Gasteiger partial charge on any atom is -0.381 e. The number of ether oxygens (including phenoxy) is 1. The van der Waals surface area contributed by atoms with Crippen LogP contribution in [0.1, 0.15) is 42.2 Å². The highest BCUT2D eigenvalue weighted by Gasteiger charge is 2.32. The topological polar surface area (TPSA) is 59.4 Å². The van der Waals surface area contributed by atoms with E-state index in [1.165, 1.54) is 5.56 Å². The molecule has 4 rings (SSSR count). The minimum absolute atomic E-state index is 0.0126. The van der Waals surface area contributed by atoms with Crippen molar-refractivity contribution in [1.82, 2.24) is 9.78 Å². The molecule has 1 fully saturated rings. The maximum Gasteiger partial charge on any atom is 0.271 e. The van der Waals surface area contributed by atoms with Crippen LogP contribution in [0.3, 0.4) is 0 Å². The minimum atomic E-state index is -0.0126. The van der Waals surface area contributed by atoms with Crippen molar-refractivity contribution in [3.63, 3.8) is 0 Å². The first-order chi connectivity index (χ1) is 10.7. The van der Waals surface area contributed by atoms with Crippen LogP contribution in [0.15, 0.2) is 26.6 Å². The average Bonchev–Trinajstić information content (AvgIpc) is 3.16. The number of H-pyrrole nitrogens is 1. The van der Waals surface area contributed by atoms with E-state index in [2.05, 4.69) is 26.9 Å². The molecule has 1 N–H and O–H groups in total. The number of fused-ring (bicyclic) bond motifs is 1. The average molecular weight is 335 g/mol. The van der Waals surface area contributed by atoms with Crippen LogP contribution in [-0.2, 0) is 4.74 Å². The molecule has 22 heavy (non-hydrogen) atoms. The van der Waals surface area contributed by atoms with E-state index in [-0.39, 0.29) is 16.9 Å². The predicted molar refractivity (Wildman–Crippen MR) is 90.7 cm³/mol. The number of hydrogen-bond acceptors (Lipinski definition) is 5. The molecule has 4 heterocycles. The normalized spacial score (nSPS) is 22.4. The lowest BCUT2D eigenvalue weighted by Gasteiger charge is -2.26. The zero-order valence-corrected chi connectivity index (χ0v) is 13.9.